The molecule has 0 radical (unpaired) electrons. The molecule has 0 bridgehead atoms. The molecular formula is C34H41ClN8O6. The van der Waals surface area contributed by atoms with E-state index in [1.807, 2.05) is 24.3 Å². The molecule has 2 aromatic carbocycles. The second-order valence-corrected chi connectivity index (χ2v) is 14.2. The Morgan fingerprint density at radius 1 is 0.939 bits per heavy atom. The van der Waals surface area contributed by atoms with Crippen LogP contribution in [0, 0.1) is 0 Å². The maximum Gasteiger partial charge on any atom is 0.329 e. The summed E-state index contributed by atoms with van der Waals surface area (Å²) in [5.41, 5.74) is 1.48. The van der Waals surface area contributed by atoms with E-state index in [-0.39, 0.29) is 31.5 Å². The monoisotopic (exact) mass is 692 g/mol. The summed E-state index contributed by atoms with van der Waals surface area (Å²) in [6.45, 7) is 7.03. The van der Waals surface area contributed by atoms with Gasteiger partial charge in [-0.05, 0) is 92.8 Å². The number of nitrogens with zero attached hydrogens (tertiary/aromatic N) is 8. The van der Waals surface area contributed by atoms with E-state index >= 15 is 0 Å². The Morgan fingerprint density at radius 3 is 2.31 bits per heavy atom. The van der Waals surface area contributed by atoms with Gasteiger partial charge in [0, 0.05) is 49.4 Å². The molecule has 14 nitrogen and oxygen atoms in total. The molecule has 1 unspecified atom stereocenters. The van der Waals surface area contributed by atoms with Gasteiger partial charge in [-0.25, -0.2) is 4.79 Å². The molecule has 3 amide bonds. The summed E-state index contributed by atoms with van der Waals surface area (Å²) in [7, 11) is 0. The molecule has 0 spiro atoms. The number of aliphatic hydroxyl groups excluding tert-OH is 1. The first-order chi connectivity index (χ1) is 23.4. The van der Waals surface area contributed by atoms with Crippen LogP contribution in [0.4, 0.5) is 11.4 Å². The molecule has 3 aromatic rings. The van der Waals surface area contributed by atoms with Gasteiger partial charge in [0.05, 0.1) is 24.0 Å². The van der Waals surface area contributed by atoms with Gasteiger partial charge in [0.25, 0.3) is 0 Å². The van der Waals surface area contributed by atoms with Crippen molar-refractivity contribution in [1.29, 1.82) is 0 Å². The number of aromatic nitrogens is 4. The molecule has 1 N–H and O–H groups in total. The number of hydrogen-bond acceptors (Lipinski definition) is 10. The van der Waals surface area contributed by atoms with Crippen LogP contribution in [0.25, 0.3) is 5.69 Å². The summed E-state index contributed by atoms with van der Waals surface area (Å²) in [6, 6.07) is 11.5. The van der Waals surface area contributed by atoms with E-state index in [2.05, 4.69) is 20.4 Å². The van der Waals surface area contributed by atoms with Gasteiger partial charge in [-0.15, -0.1) is 5.10 Å². The molecule has 49 heavy (non-hydrogen) atoms. The number of tetrazole rings is 1. The van der Waals surface area contributed by atoms with Gasteiger partial charge >= 0.3 is 17.8 Å². The quantitative estimate of drug-likeness (QED) is 0.275. The zero-order chi connectivity index (χ0) is 34.9. The van der Waals surface area contributed by atoms with Crippen molar-refractivity contribution in [3.63, 3.8) is 0 Å². The Morgan fingerprint density at radius 2 is 1.65 bits per heavy atom. The Bertz CT molecular complexity index is 1690. The molecule has 3 fully saturated rings. The van der Waals surface area contributed by atoms with Crippen LogP contribution in [0.5, 0.6) is 0 Å². The molecule has 3 heterocycles. The molecule has 1 aliphatic carbocycles. The zero-order valence-electron chi connectivity index (χ0n) is 27.9. The number of halogens is 1. The minimum atomic E-state index is -1.07. The smallest absolute Gasteiger partial charge is 0.329 e. The lowest BCUT2D eigenvalue weighted by atomic mass is 9.91. The highest BCUT2D eigenvalue weighted by Crippen LogP contribution is 2.31. The van der Waals surface area contributed by atoms with Gasteiger partial charge in [-0.2, -0.15) is 4.68 Å². The van der Waals surface area contributed by atoms with Crippen LogP contribution in [0.1, 0.15) is 52.0 Å². The fraction of sp³-hybridized carbons (Fsp3) is 0.500. The lowest BCUT2D eigenvalue weighted by Crippen LogP contribution is -2.60. The highest BCUT2D eigenvalue weighted by Gasteiger charge is 2.42. The molecule has 1 atom stereocenters. The Hall–Kier alpha value is -4.40. The predicted molar refractivity (Wildman–Crippen MR) is 180 cm³/mol. The predicted octanol–water partition coefficient (Wildman–Crippen LogP) is 2.40. The number of esters is 1. The van der Waals surface area contributed by atoms with E-state index in [9.17, 15) is 24.3 Å². The summed E-state index contributed by atoms with van der Waals surface area (Å²) in [6.07, 6.45) is 4.57. The number of aliphatic hydroxyl groups is 1. The zero-order valence-corrected chi connectivity index (χ0v) is 28.6. The number of piperazine rings is 2. The van der Waals surface area contributed by atoms with Gasteiger partial charge in [-0.3, -0.25) is 19.3 Å². The van der Waals surface area contributed by atoms with E-state index in [1.165, 1.54) is 20.8 Å². The standard InChI is InChI=1S/C34H41ClN8O6/c1-34(2,3)49-33(48)29(42-17-16-41(31(46)32(42)47)28-19-23(35)6-13-27(28)43-21-36-37-38-43)18-22-4-7-25(8-5-22)40-15-14-39(20-30(40)45)24-9-11-26(44)12-10-24/h4-8,13,19,21,24,26,29,44H,9-12,14-18,20H2,1-3H3. The number of rotatable bonds is 8. The first-order valence-corrected chi connectivity index (χ1v) is 17.0. The Labute approximate surface area is 289 Å². The minimum Gasteiger partial charge on any atom is -0.458 e. The lowest BCUT2D eigenvalue weighted by molar-refractivity contribution is -0.166. The van der Waals surface area contributed by atoms with Crippen LogP contribution in [0.15, 0.2) is 48.8 Å². The largest absolute Gasteiger partial charge is 0.458 e. The SMILES string of the molecule is CC(C)(C)OC(=O)C(Cc1ccc(N2CCN(C3CCC(O)CC3)CC2=O)cc1)N1CCN(c2cc(Cl)ccc2-n2cnnn2)C(=O)C1=O. The Balaban J connectivity index is 1.17. The van der Waals surface area contributed by atoms with E-state index in [4.69, 9.17) is 16.3 Å². The van der Waals surface area contributed by atoms with E-state index < -0.39 is 29.4 Å². The highest BCUT2D eigenvalue weighted by atomic mass is 35.5. The second-order valence-electron chi connectivity index (χ2n) is 13.7. The molecule has 1 aromatic heterocycles. The summed E-state index contributed by atoms with van der Waals surface area (Å²) < 4.78 is 7.11. The van der Waals surface area contributed by atoms with Gasteiger partial charge in [0.15, 0.2) is 0 Å². The summed E-state index contributed by atoms with van der Waals surface area (Å²) >= 11 is 6.28. The third kappa shape index (κ3) is 7.76. The summed E-state index contributed by atoms with van der Waals surface area (Å²) in [5, 5.41) is 21.5. The summed E-state index contributed by atoms with van der Waals surface area (Å²) in [4.78, 5) is 60.7. The van der Waals surface area contributed by atoms with Crippen LogP contribution in [-0.4, -0.2) is 115 Å². The number of benzene rings is 2. The number of anilines is 2. The van der Waals surface area contributed by atoms with E-state index in [0.717, 1.165) is 43.5 Å². The van der Waals surface area contributed by atoms with Gasteiger partial charge < -0.3 is 24.5 Å². The highest BCUT2D eigenvalue weighted by molar-refractivity contribution is 6.41. The third-order valence-electron chi connectivity index (χ3n) is 9.24. The van der Waals surface area contributed by atoms with Crippen molar-refractivity contribution in [2.75, 3.05) is 42.5 Å². The Kier molecular flexibility index (Phi) is 10.00. The van der Waals surface area contributed by atoms with Crippen molar-refractivity contribution in [2.24, 2.45) is 0 Å². The molecule has 2 aliphatic heterocycles. The lowest BCUT2D eigenvalue weighted by Gasteiger charge is -2.41. The average molecular weight is 693 g/mol. The fourth-order valence-electron chi connectivity index (χ4n) is 6.78. The van der Waals surface area contributed by atoms with Crippen molar-refractivity contribution in [3.05, 3.63) is 59.4 Å². The molecular weight excluding hydrogens is 652 g/mol. The average Bonchev–Trinajstić information content (AvgIpc) is 3.60. The maximum atomic E-state index is 13.7. The van der Waals surface area contributed by atoms with Crippen molar-refractivity contribution < 1.29 is 29.0 Å². The van der Waals surface area contributed by atoms with Crippen molar-refractivity contribution >= 4 is 46.7 Å². The second kappa shape index (κ2) is 14.2. The van der Waals surface area contributed by atoms with Gasteiger partial charge in [0.1, 0.15) is 18.0 Å². The normalized spacial score (nSPS) is 21.7. The van der Waals surface area contributed by atoms with Crippen LogP contribution >= 0.6 is 11.6 Å². The minimum absolute atomic E-state index is 0.0154. The van der Waals surface area contributed by atoms with Crippen molar-refractivity contribution in [3.8, 4) is 5.69 Å². The molecule has 260 valence electrons. The molecule has 15 heteroatoms. The molecule has 3 aliphatic rings. The van der Waals surface area contributed by atoms with Crippen molar-refractivity contribution in [1.82, 2.24) is 30.0 Å². The molecule has 1 saturated carbocycles. The maximum absolute atomic E-state index is 13.7. The van der Waals surface area contributed by atoms with Gasteiger partial charge in [-0.1, -0.05) is 23.7 Å². The number of amides is 3. The van der Waals surface area contributed by atoms with Gasteiger partial charge in [0.2, 0.25) is 5.91 Å². The first kappa shape index (κ1) is 34.5. The van der Waals surface area contributed by atoms with Crippen molar-refractivity contribution in [2.45, 2.75) is 76.7 Å². The van der Waals surface area contributed by atoms with Crippen LogP contribution < -0.4 is 9.80 Å². The topological polar surface area (TPSA) is 154 Å². The number of hydrogen-bond donors (Lipinski definition) is 1. The third-order valence-corrected chi connectivity index (χ3v) is 9.48. The molecule has 2 saturated heterocycles. The first-order valence-electron chi connectivity index (χ1n) is 16.6. The number of carbonyl (C=O) groups is 4. The van der Waals surface area contributed by atoms with Crippen LogP contribution in [-0.2, 0) is 30.3 Å². The van der Waals surface area contributed by atoms with E-state index in [0.29, 0.717) is 35.5 Å². The number of ether oxygens (including phenoxy) is 1. The van der Waals surface area contributed by atoms with Crippen LogP contribution in [0.3, 0.4) is 0 Å². The molecule has 6 rings (SSSR count). The summed E-state index contributed by atoms with van der Waals surface area (Å²) in [5.74, 6) is -2.28. The number of carbonyl (C=O) groups excluding carboxylic acids is 4. The van der Waals surface area contributed by atoms with E-state index in [1.54, 1.807) is 43.9 Å². The van der Waals surface area contributed by atoms with Crippen LogP contribution in [0.2, 0.25) is 5.02 Å². The fourth-order valence-corrected chi connectivity index (χ4v) is 6.95.